The number of anilines is 1. The van der Waals surface area contributed by atoms with Crippen molar-refractivity contribution in [2.75, 3.05) is 4.90 Å². The lowest BCUT2D eigenvalue weighted by atomic mass is 10.1. The van der Waals surface area contributed by atoms with E-state index in [9.17, 15) is 4.79 Å². The molecule has 1 N–H and O–H groups in total. The minimum atomic E-state index is -0.145. The number of hydrogen-bond acceptors (Lipinski definition) is 2. The van der Waals surface area contributed by atoms with Gasteiger partial charge in [0.05, 0.1) is 5.69 Å². The third-order valence-electron chi connectivity index (χ3n) is 3.35. The Morgan fingerprint density at radius 1 is 1.09 bits per heavy atom. The number of carbonyl (C=O) groups is 1. The molecule has 0 radical (unpaired) electrons. The minimum absolute atomic E-state index is 0.145. The van der Waals surface area contributed by atoms with Crippen LogP contribution in [0.2, 0.25) is 0 Å². The third kappa shape index (κ3) is 2.96. The normalized spacial score (nSPS) is 16.3. The predicted octanol–water partition coefficient (Wildman–Crippen LogP) is 4.02. The third-order valence-corrected chi connectivity index (χ3v) is 4.16. The first-order chi connectivity index (χ1) is 10.5. The Kier molecular flexibility index (Phi) is 4.09. The van der Waals surface area contributed by atoms with Gasteiger partial charge in [0.15, 0.2) is 5.11 Å². The molecule has 1 saturated heterocycles. The lowest BCUT2D eigenvalue weighted by Gasteiger charge is -2.13. The van der Waals surface area contributed by atoms with Gasteiger partial charge in [0.25, 0.3) is 5.91 Å². The maximum Gasteiger partial charge on any atom is 0.281 e. The maximum atomic E-state index is 12.6. The molecule has 3 rings (SSSR count). The van der Waals surface area contributed by atoms with Crippen LogP contribution >= 0.6 is 28.1 Å². The lowest BCUT2D eigenvalue weighted by Crippen LogP contribution is -2.30. The summed E-state index contributed by atoms with van der Waals surface area (Å²) in [5, 5.41) is 3.38. The van der Waals surface area contributed by atoms with Crippen LogP contribution in [0.1, 0.15) is 11.1 Å². The van der Waals surface area contributed by atoms with Gasteiger partial charge in [-0.05, 0) is 55.0 Å². The molecule has 1 amide bonds. The highest BCUT2D eigenvalue weighted by molar-refractivity contribution is 9.10. The van der Waals surface area contributed by atoms with Gasteiger partial charge in [-0.15, -0.1) is 0 Å². The molecule has 22 heavy (non-hydrogen) atoms. The van der Waals surface area contributed by atoms with Crippen LogP contribution in [0.15, 0.2) is 58.7 Å². The number of aryl methyl sites for hydroxylation is 1. The molecule has 110 valence electrons. The van der Waals surface area contributed by atoms with E-state index in [2.05, 4.69) is 21.2 Å². The van der Waals surface area contributed by atoms with Gasteiger partial charge >= 0.3 is 0 Å². The summed E-state index contributed by atoms with van der Waals surface area (Å²) in [5.41, 5.74) is 3.37. The summed E-state index contributed by atoms with van der Waals surface area (Å²) in [6.45, 7) is 2.03. The van der Waals surface area contributed by atoms with Crippen LogP contribution in [0.4, 0.5) is 5.69 Å². The minimum Gasteiger partial charge on any atom is -0.327 e. The van der Waals surface area contributed by atoms with Crippen molar-refractivity contribution in [1.82, 2.24) is 5.32 Å². The fourth-order valence-electron chi connectivity index (χ4n) is 2.19. The van der Waals surface area contributed by atoms with Crippen LogP contribution in [-0.4, -0.2) is 11.0 Å². The molecule has 2 aromatic carbocycles. The number of carbonyl (C=O) groups excluding carboxylic acids is 1. The van der Waals surface area contributed by atoms with Crippen LogP contribution in [0, 0.1) is 6.92 Å². The van der Waals surface area contributed by atoms with Gasteiger partial charge < -0.3 is 5.32 Å². The second-order valence-electron chi connectivity index (χ2n) is 5.02. The van der Waals surface area contributed by atoms with Crippen molar-refractivity contribution in [3.63, 3.8) is 0 Å². The molecule has 1 aliphatic heterocycles. The average Bonchev–Trinajstić information content (AvgIpc) is 2.77. The topological polar surface area (TPSA) is 32.3 Å². The number of nitrogens with zero attached hydrogens (tertiary/aromatic N) is 1. The lowest BCUT2D eigenvalue weighted by molar-refractivity contribution is -0.113. The van der Waals surface area contributed by atoms with E-state index in [-0.39, 0.29) is 5.91 Å². The number of benzene rings is 2. The Bertz CT molecular complexity index is 766. The smallest absolute Gasteiger partial charge is 0.281 e. The summed E-state index contributed by atoms with van der Waals surface area (Å²) in [7, 11) is 0. The largest absolute Gasteiger partial charge is 0.327 e. The number of nitrogens with one attached hydrogen (secondary N) is 1. The van der Waals surface area contributed by atoms with Crippen molar-refractivity contribution in [2.45, 2.75) is 6.92 Å². The molecule has 0 aliphatic carbocycles. The zero-order chi connectivity index (χ0) is 15.7. The second kappa shape index (κ2) is 6.02. The first-order valence-electron chi connectivity index (χ1n) is 6.74. The number of amides is 1. The van der Waals surface area contributed by atoms with Crippen LogP contribution in [0.5, 0.6) is 0 Å². The van der Waals surface area contributed by atoms with E-state index in [1.165, 1.54) is 10.5 Å². The van der Waals surface area contributed by atoms with Gasteiger partial charge in [-0.1, -0.05) is 45.8 Å². The molecular formula is C17H13BrN2OS. The second-order valence-corrected chi connectivity index (χ2v) is 6.32. The standard InChI is InChI=1S/C17H13BrN2OS/c1-11-2-4-12(5-3-11)10-15-16(21)20(17(22)19-15)14-8-6-13(18)7-9-14/h2-10H,1H3,(H,19,22)/b15-10-. The van der Waals surface area contributed by atoms with Crippen molar-refractivity contribution >= 4 is 50.9 Å². The monoisotopic (exact) mass is 372 g/mol. The van der Waals surface area contributed by atoms with Crippen molar-refractivity contribution in [3.05, 3.63) is 69.8 Å². The van der Waals surface area contributed by atoms with Gasteiger partial charge in [-0.3, -0.25) is 9.69 Å². The molecule has 0 atom stereocenters. The Balaban J connectivity index is 1.91. The maximum absolute atomic E-state index is 12.6. The molecule has 1 fully saturated rings. The molecule has 5 heteroatoms. The fourth-order valence-corrected chi connectivity index (χ4v) is 2.75. The van der Waals surface area contributed by atoms with E-state index in [4.69, 9.17) is 12.2 Å². The molecule has 1 heterocycles. The van der Waals surface area contributed by atoms with E-state index in [1.54, 1.807) is 0 Å². The molecule has 0 bridgehead atoms. The van der Waals surface area contributed by atoms with Crippen LogP contribution < -0.4 is 10.2 Å². The first kappa shape index (κ1) is 14.9. The average molecular weight is 373 g/mol. The Morgan fingerprint density at radius 2 is 1.73 bits per heavy atom. The number of halogens is 1. The predicted molar refractivity (Wildman–Crippen MR) is 96.5 cm³/mol. The molecule has 2 aromatic rings. The SMILES string of the molecule is Cc1ccc(/C=C2\NC(=S)N(c3ccc(Br)cc3)C2=O)cc1. The van der Waals surface area contributed by atoms with Gasteiger partial charge in [-0.2, -0.15) is 0 Å². The molecule has 0 aromatic heterocycles. The Labute approximate surface area is 142 Å². The van der Waals surface area contributed by atoms with Gasteiger partial charge in [0, 0.05) is 4.47 Å². The molecule has 1 aliphatic rings. The Morgan fingerprint density at radius 3 is 2.36 bits per heavy atom. The summed E-state index contributed by atoms with van der Waals surface area (Å²) in [5.74, 6) is -0.145. The summed E-state index contributed by atoms with van der Waals surface area (Å²) >= 11 is 8.67. The quantitative estimate of drug-likeness (QED) is 0.638. The highest BCUT2D eigenvalue weighted by Gasteiger charge is 2.31. The fraction of sp³-hybridized carbons (Fsp3) is 0.0588. The zero-order valence-corrected chi connectivity index (χ0v) is 14.2. The summed E-state index contributed by atoms with van der Waals surface area (Å²) in [6, 6.07) is 15.4. The van der Waals surface area contributed by atoms with E-state index < -0.39 is 0 Å². The Hall–Kier alpha value is -1.98. The van der Waals surface area contributed by atoms with Crippen molar-refractivity contribution < 1.29 is 4.79 Å². The van der Waals surface area contributed by atoms with E-state index >= 15 is 0 Å². The van der Waals surface area contributed by atoms with E-state index in [1.807, 2.05) is 61.5 Å². The van der Waals surface area contributed by atoms with Crippen LogP contribution in [0.25, 0.3) is 6.08 Å². The van der Waals surface area contributed by atoms with E-state index in [0.717, 1.165) is 15.7 Å². The van der Waals surface area contributed by atoms with Crippen molar-refractivity contribution in [3.8, 4) is 0 Å². The highest BCUT2D eigenvalue weighted by Crippen LogP contribution is 2.24. The first-order valence-corrected chi connectivity index (χ1v) is 7.94. The van der Waals surface area contributed by atoms with Gasteiger partial charge in [-0.25, -0.2) is 0 Å². The zero-order valence-electron chi connectivity index (χ0n) is 11.8. The van der Waals surface area contributed by atoms with Crippen LogP contribution in [0.3, 0.4) is 0 Å². The molecule has 0 unspecified atom stereocenters. The van der Waals surface area contributed by atoms with Crippen LogP contribution in [-0.2, 0) is 4.79 Å². The number of rotatable bonds is 2. The molecule has 3 nitrogen and oxygen atoms in total. The van der Waals surface area contributed by atoms with Crippen molar-refractivity contribution in [1.29, 1.82) is 0 Å². The summed E-state index contributed by atoms with van der Waals surface area (Å²) in [4.78, 5) is 14.1. The number of hydrogen-bond donors (Lipinski definition) is 1. The molecular weight excluding hydrogens is 360 g/mol. The molecule has 0 saturated carbocycles. The van der Waals surface area contributed by atoms with Gasteiger partial charge in [0.2, 0.25) is 0 Å². The summed E-state index contributed by atoms with van der Waals surface area (Å²) < 4.78 is 0.956. The van der Waals surface area contributed by atoms with E-state index in [0.29, 0.717) is 10.8 Å². The van der Waals surface area contributed by atoms with Crippen molar-refractivity contribution in [2.24, 2.45) is 0 Å². The van der Waals surface area contributed by atoms with Gasteiger partial charge in [0.1, 0.15) is 5.70 Å². The molecule has 0 spiro atoms. The highest BCUT2D eigenvalue weighted by atomic mass is 79.9. The number of thiocarbonyl (C=S) groups is 1. The summed E-state index contributed by atoms with van der Waals surface area (Å²) in [6.07, 6.45) is 1.81.